The Morgan fingerprint density at radius 2 is 2.15 bits per heavy atom. The van der Waals surface area contributed by atoms with E-state index in [1.807, 2.05) is 0 Å². The molecule has 2 heterocycles. The van der Waals surface area contributed by atoms with Gasteiger partial charge in [-0.1, -0.05) is 0 Å². The number of rotatable bonds is 1. The second kappa shape index (κ2) is 3.11. The molecule has 0 saturated heterocycles. The summed E-state index contributed by atoms with van der Waals surface area (Å²) in [5, 5.41) is 0.00213. The minimum Gasteiger partial charge on any atom is -0.301 e. The highest BCUT2D eigenvalue weighted by molar-refractivity contribution is 7.79. The summed E-state index contributed by atoms with van der Waals surface area (Å²) in [6, 6.07) is 0. The molecule has 0 radical (unpaired) electrons. The molecule has 1 N–H and O–H groups in total. The van der Waals surface area contributed by atoms with Gasteiger partial charge in [0.25, 0.3) is 0 Å². The highest BCUT2D eigenvalue weighted by Crippen LogP contribution is 2.05. The van der Waals surface area contributed by atoms with Crippen molar-refractivity contribution in [3.63, 3.8) is 0 Å². The van der Waals surface area contributed by atoms with Gasteiger partial charge in [-0.2, -0.15) is 0 Å². The fourth-order valence-corrected chi connectivity index (χ4v) is 1.16. The number of fused-ring (bicyclic) bond motifs is 1. The van der Waals surface area contributed by atoms with Gasteiger partial charge in [0, 0.05) is 0 Å². The van der Waals surface area contributed by atoms with Gasteiger partial charge in [0.15, 0.2) is 10.7 Å². The Kier molecular flexibility index (Phi) is 1.95. The second-order valence-electron chi connectivity index (χ2n) is 2.19. The summed E-state index contributed by atoms with van der Waals surface area (Å²) in [7, 11) is 0. The van der Waals surface area contributed by atoms with Crippen LogP contribution >= 0.6 is 0 Å². The van der Waals surface area contributed by atoms with E-state index in [4.69, 9.17) is 4.55 Å². The van der Waals surface area contributed by atoms with E-state index in [9.17, 15) is 4.21 Å². The van der Waals surface area contributed by atoms with Crippen LogP contribution in [0.1, 0.15) is 0 Å². The summed E-state index contributed by atoms with van der Waals surface area (Å²) >= 11 is -2.11. The topological polar surface area (TPSA) is 88.9 Å². The van der Waals surface area contributed by atoms with Gasteiger partial charge in [-0.15, -0.1) is 0 Å². The molecule has 7 heteroatoms. The third-order valence-corrected chi connectivity index (χ3v) is 1.93. The van der Waals surface area contributed by atoms with E-state index in [2.05, 4.69) is 19.9 Å². The van der Waals surface area contributed by atoms with Gasteiger partial charge >= 0.3 is 0 Å². The SMILES string of the molecule is O=S(O)c1cnc2ncncc2n1. The van der Waals surface area contributed by atoms with E-state index in [0.717, 1.165) is 0 Å². The first-order valence-electron chi connectivity index (χ1n) is 3.31. The van der Waals surface area contributed by atoms with Gasteiger partial charge in [0.2, 0.25) is 11.1 Å². The molecule has 0 aliphatic heterocycles. The monoisotopic (exact) mass is 196 g/mol. The average Bonchev–Trinajstić information content (AvgIpc) is 2.17. The molecule has 2 aromatic rings. The summed E-state index contributed by atoms with van der Waals surface area (Å²) in [4.78, 5) is 15.2. The van der Waals surface area contributed by atoms with Crippen molar-refractivity contribution in [2.75, 3.05) is 0 Å². The minimum atomic E-state index is -2.11. The van der Waals surface area contributed by atoms with Crippen molar-refractivity contribution in [2.24, 2.45) is 0 Å². The molecule has 1 atom stereocenters. The lowest BCUT2D eigenvalue weighted by molar-refractivity contribution is 0.560. The van der Waals surface area contributed by atoms with E-state index >= 15 is 0 Å². The highest BCUT2D eigenvalue weighted by atomic mass is 32.2. The first-order valence-corrected chi connectivity index (χ1v) is 4.41. The molecule has 0 aromatic carbocycles. The van der Waals surface area contributed by atoms with Crippen molar-refractivity contribution in [2.45, 2.75) is 5.03 Å². The smallest absolute Gasteiger partial charge is 0.207 e. The second-order valence-corrected chi connectivity index (χ2v) is 3.11. The number of aromatic nitrogens is 4. The number of hydrogen-bond acceptors (Lipinski definition) is 5. The van der Waals surface area contributed by atoms with Crippen molar-refractivity contribution in [1.82, 2.24) is 19.9 Å². The maximum Gasteiger partial charge on any atom is 0.207 e. The maximum absolute atomic E-state index is 10.6. The van der Waals surface area contributed by atoms with E-state index in [-0.39, 0.29) is 5.03 Å². The molecule has 0 aliphatic rings. The van der Waals surface area contributed by atoms with Crippen LogP contribution in [0, 0.1) is 0 Å². The zero-order valence-corrected chi connectivity index (χ0v) is 7.10. The summed E-state index contributed by atoms with van der Waals surface area (Å²) in [6.45, 7) is 0. The lowest BCUT2D eigenvalue weighted by atomic mass is 10.5. The molecule has 66 valence electrons. The van der Waals surface area contributed by atoms with Gasteiger partial charge in [0.1, 0.15) is 11.8 Å². The van der Waals surface area contributed by atoms with Crippen LogP contribution in [0.4, 0.5) is 0 Å². The average molecular weight is 196 g/mol. The Bertz CT molecular complexity index is 475. The zero-order valence-electron chi connectivity index (χ0n) is 6.28. The zero-order chi connectivity index (χ0) is 9.26. The Hall–Kier alpha value is -1.47. The van der Waals surface area contributed by atoms with Gasteiger partial charge in [0.05, 0.1) is 12.4 Å². The fraction of sp³-hybridized carbons (Fsp3) is 0. The third kappa shape index (κ3) is 1.51. The molecule has 13 heavy (non-hydrogen) atoms. The summed E-state index contributed by atoms with van der Waals surface area (Å²) in [5.41, 5.74) is 0.812. The Labute approximate surface area is 75.4 Å². The lowest BCUT2D eigenvalue weighted by Crippen LogP contribution is -1.96. The molecular formula is C6H4N4O2S. The molecule has 0 spiro atoms. The molecule has 2 rings (SSSR count). The molecule has 0 saturated carbocycles. The van der Waals surface area contributed by atoms with Crippen LogP contribution in [-0.4, -0.2) is 28.7 Å². The number of nitrogens with zero attached hydrogens (tertiary/aromatic N) is 4. The molecule has 2 aromatic heterocycles. The van der Waals surface area contributed by atoms with Crippen LogP contribution in [0.5, 0.6) is 0 Å². The fourth-order valence-electron chi connectivity index (χ4n) is 0.842. The molecule has 1 unspecified atom stereocenters. The predicted molar refractivity (Wildman–Crippen MR) is 44.2 cm³/mol. The first-order chi connectivity index (χ1) is 6.27. The largest absolute Gasteiger partial charge is 0.301 e. The maximum atomic E-state index is 10.6. The van der Waals surface area contributed by atoms with E-state index in [0.29, 0.717) is 11.2 Å². The summed E-state index contributed by atoms with van der Waals surface area (Å²) < 4.78 is 19.3. The van der Waals surface area contributed by atoms with Crippen LogP contribution in [0.25, 0.3) is 11.2 Å². The quantitative estimate of drug-likeness (QED) is 0.646. The molecule has 0 bridgehead atoms. The third-order valence-electron chi connectivity index (χ3n) is 1.38. The molecule has 6 nitrogen and oxygen atoms in total. The van der Waals surface area contributed by atoms with Gasteiger partial charge in [-0.3, -0.25) is 0 Å². The Balaban J connectivity index is 2.69. The standard InChI is InChI=1S/C6H4N4O2S/c11-13(12)5-2-8-6-4(10-5)1-7-3-9-6/h1-3H,(H,11,12). The predicted octanol–water partition coefficient (Wildman–Crippen LogP) is 0.000400. The molecule has 0 aliphatic carbocycles. The van der Waals surface area contributed by atoms with Crippen LogP contribution in [-0.2, 0) is 11.1 Å². The van der Waals surface area contributed by atoms with Crippen molar-refractivity contribution in [3.8, 4) is 0 Å². The molecular weight excluding hydrogens is 192 g/mol. The minimum absolute atomic E-state index is 0.00213. The van der Waals surface area contributed by atoms with Crippen LogP contribution in [0.3, 0.4) is 0 Å². The van der Waals surface area contributed by atoms with Crippen molar-refractivity contribution < 1.29 is 8.76 Å². The van der Waals surface area contributed by atoms with E-state index in [1.54, 1.807) is 0 Å². The van der Waals surface area contributed by atoms with Gasteiger partial charge in [-0.25, -0.2) is 24.1 Å². The first kappa shape index (κ1) is 8.14. The van der Waals surface area contributed by atoms with Crippen LogP contribution < -0.4 is 0 Å². The van der Waals surface area contributed by atoms with Gasteiger partial charge < -0.3 is 4.55 Å². The molecule has 0 fully saturated rings. The van der Waals surface area contributed by atoms with Crippen LogP contribution in [0.2, 0.25) is 0 Å². The normalized spacial score (nSPS) is 13.0. The lowest BCUT2D eigenvalue weighted by Gasteiger charge is -1.95. The van der Waals surface area contributed by atoms with Crippen molar-refractivity contribution >= 4 is 22.2 Å². The Morgan fingerprint density at radius 1 is 1.31 bits per heavy atom. The van der Waals surface area contributed by atoms with Crippen LogP contribution in [0.15, 0.2) is 23.7 Å². The molecule has 0 amide bonds. The van der Waals surface area contributed by atoms with E-state index in [1.165, 1.54) is 18.7 Å². The van der Waals surface area contributed by atoms with E-state index < -0.39 is 11.1 Å². The summed E-state index contributed by atoms with van der Waals surface area (Å²) in [6.07, 6.45) is 3.99. The summed E-state index contributed by atoms with van der Waals surface area (Å²) in [5.74, 6) is 0. The number of hydrogen-bond donors (Lipinski definition) is 1. The highest BCUT2D eigenvalue weighted by Gasteiger charge is 2.04. The Morgan fingerprint density at radius 3 is 2.92 bits per heavy atom. The van der Waals surface area contributed by atoms with Gasteiger partial charge in [-0.05, 0) is 0 Å². The van der Waals surface area contributed by atoms with Crippen molar-refractivity contribution in [3.05, 3.63) is 18.7 Å². The van der Waals surface area contributed by atoms with Crippen molar-refractivity contribution in [1.29, 1.82) is 0 Å².